The molecule has 0 saturated carbocycles. The monoisotopic (exact) mass is 432 g/mol. The van der Waals surface area contributed by atoms with Crippen LogP contribution >= 0.6 is 0 Å². The summed E-state index contributed by atoms with van der Waals surface area (Å²) in [5, 5.41) is 13.4. The fourth-order valence-electron chi connectivity index (χ4n) is 3.83. The Morgan fingerprint density at radius 1 is 0.645 bits per heavy atom. The van der Waals surface area contributed by atoms with Crippen LogP contribution in [0.4, 0.5) is 0 Å². The number of nitrogens with zero attached hydrogens (tertiary/aromatic N) is 6. The molecule has 168 valence electrons. The molecule has 31 heavy (non-hydrogen) atoms. The van der Waals surface area contributed by atoms with Crippen LogP contribution in [0.25, 0.3) is 22.3 Å². The van der Waals surface area contributed by atoms with E-state index in [1.807, 2.05) is 27.7 Å². The van der Waals surface area contributed by atoms with E-state index >= 15 is 0 Å². The minimum atomic E-state index is -0.784. The van der Waals surface area contributed by atoms with Crippen molar-refractivity contribution in [3.05, 3.63) is 46.9 Å². The lowest BCUT2D eigenvalue weighted by atomic mass is 10.3. The molecule has 11 heteroatoms. The van der Waals surface area contributed by atoms with Crippen molar-refractivity contribution in [2.24, 2.45) is 0 Å². The molecule has 3 aromatic heterocycles. The standard InChI is InChI=1S/C20H28N6O5/c1-5-9-22-15-13(17(27)24(11-7-3)19(22)29)26(31)14-16(21-15)23(10-6-2)20(30)25(12-8-4)18(14)28/h5-12H2,1-4H3. The van der Waals surface area contributed by atoms with Gasteiger partial charge in [0.2, 0.25) is 11.3 Å². The van der Waals surface area contributed by atoms with Crippen molar-refractivity contribution in [1.29, 1.82) is 0 Å². The van der Waals surface area contributed by atoms with E-state index in [4.69, 9.17) is 0 Å². The molecule has 0 unspecified atom stereocenters. The van der Waals surface area contributed by atoms with Crippen LogP contribution in [0.15, 0.2) is 19.2 Å². The molecular formula is C20H28N6O5. The molecular weight excluding hydrogens is 404 g/mol. The molecule has 0 aliphatic rings. The number of hydrogen-bond acceptors (Lipinski definition) is 6. The smallest absolute Gasteiger partial charge is 0.333 e. The van der Waals surface area contributed by atoms with Crippen molar-refractivity contribution in [3.63, 3.8) is 0 Å². The Balaban J connectivity index is 2.68. The second kappa shape index (κ2) is 8.86. The van der Waals surface area contributed by atoms with Crippen molar-refractivity contribution in [2.75, 3.05) is 0 Å². The highest BCUT2D eigenvalue weighted by atomic mass is 16.5. The molecule has 0 spiro atoms. The molecule has 0 saturated heterocycles. The van der Waals surface area contributed by atoms with Crippen molar-refractivity contribution < 1.29 is 4.73 Å². The van der Waals surface area contributed by atoms with Crippen LogP contribution in [-0.2, 0) is 26.2 Å². The van der Waals surface area contributed by atoms with Gasteiger partial charge in [0.1, 0.15) is 0 Å². The zero-order chi connectivity index (χ0) is 22.9. The van der Waals surface area contributed by atoms with Crippen molar-refractivity contribution in [1.82, 2.24) is 23.3 Å². The van der Waals surface area contributed by atoms with Crippen molar-refractivity contribution >= 4 is 22.3 Å². The van der Waals surface area contributed by atoms with Gasteiger partial charge in [0, 0.05) is 26.2 Å². The summed E-state index contributed by atoms with van der Waals surface area (Å²) in [5.74, 6) is 0. The van der Waals surface area contributed by atoms with Crippen LogP contribution < -0.4 is 27.2 Å². The number of hydrogen-bond donors (Lipinski definition) is 0. The molecule has 0 atom stereocenters. The summed E-state index contributed by atoms with van der Waals surface area (Å²) in [6, 6.07) is 0. The Labute approximate surface area is 177 Å². The predicted molar refractivity (Wildman–Crippen MR) is 116 cm³/mol. The second-order valence-corrected chi connectivity index (χ2v) is 7.53. The first-order valence-corrected chi connectivity index (χ1v) is 10.8. The van der Waals surface area contributed by atoms with Gasteiger partial charge in [-0.1, -0.05) is 27.7 Å². The summed E-state index contributed by atoms with van der Waals surface area (Å²) in [6.45, 7) is 8.11. The van der Waals surface area contributed by atoms with E-state index < -0.39 is 22.5 Å². The van der Waals surface area contributed by atoms with Gasteiger partial charge in [-0.05, 0) is 25.7 Å². The summed E-state index contributed by atoms with van der Waals surface area (Å²) < 4.78 is 4.83. The summed E-state index contributed by atoms with van der Waals surface area (Å²) in [4.78, 5) is 56.5. The molecule has 0 aliphatic carbocycles. The van der Waals surface area contributed by atoms with Gasteiger partial charge in [0.15, 0.2) is 0 Å². The fourth-order valence-corrected chi connectivity index (χ4v) is 3.83. The van der Waals surface area contributed by atoms with E-state index in [1.54, 1.807) is 0 Å². The molecule has 0 aromatic carbocycles. The van der Waals surface area contributed by atoms with Crippen molar-refractivity contribution in [2.45, 2.75) is 79.6 Å². The summed E-state index contributed by atoms with van der Waals surface area (Å²) >= 11 is 0. The maximum Gasteiger partial charge on any atom is 0.333 e. The molecule has 11 nitrogen and oxygen atoms in total. The molecule has 0 radical (unpaired) electrons. The minimum absolute atomic E-state index is 0.108. The highest BCUT2D eigenvalue weighted by molar-refractivity contribution is 5.76. The van der Waals surface area contributed by atoms with Crippen LogP contribution in [0.5, 0.6) is 0 Å². The summed E-state index contributed by atoms with van der Waals surface area (Å²) in [5.41, 5.74) is -3.63. The number of aromatic nitrogens is 6. The Morgan fingerprint density at radius 3 is 1.29 bits per heavy atom. The van der Waals surface area contributed by atoms with E-state index in [2.05, 4.69) is 4.98 Å². The maximum atomic E-state index is 13.4. The van der Waals surface area contributed by atoms with Gasteiger partial charge in [0.25, 0.3) is 0 Å². The first kappa shape index (κ1) is 22.4. The van der Waals surface area contributed by atoms with Crippen molar-refractivity contribution in [3.8, 4) is 0 Å². The highest BCUT2D eigenvalue weighted by Crippen LogP contribution is 2.09. The van der Waals surface area contributed by atoms with Gasteiger partial charge in [-0.3, -0.25) is 27.9 Å². The third-order valence-corrected chi connectivity index (χ3v) is 5.16. The first-order valence-electron chi connectivity index (χ1n) is 10.8. The number of aryl methyl sites for hydroxylation is 2. The van der Waals surface area contributed by atoms with Crippen LogP contribution in [0.1, 0.15) is 53.4 Å². The topological polar surface area (TPSA) is 128 Å². The number of rotatable bonds is 8. The SMILES string of the molecule is CCCn1c(=O)c2c(nc3c(c(=O)n(CCC)c(=O)n3CCC)[n+]2[O-])n(CCC)c1=O. The van der Waals surface area contributed by atoms with E-state index in [0.717, 1.165) is 9.13 Å². The molecule has 0 aliphatic heterocycles. The van der Waals surface area contributed by atoms with Gasteiger partial charge in [0.05, 0.1) is 0 Å². The quantitative estimate of drug-likeness (QED) is 0.286. The number of fused-ring (bicyclic) bond motifs is 2. The van der Waals surface area contributed by atoms with Crippen LogP contribution in [0, 0.1) is 5.21 Å². The van der Waals surface area contributed by atoms with E-state index in [0.29, 0.717) is 25.7 Å². The minimum Gasteiger partial charge on any atom is -0.617 e. The molecule has 3 aromatic rings. The van der Waals surface area contributed by atoms with Crippen LogP contribution in [0.2, 0.25) is 0 Å². The van der Waals surface area contributed by atoms with Gasteiger partial charge >= 0.3 is 33.5 Å². The third kappa shape index (κ3) is 3.47. The Morgan fingerprint density at radius 2 is 0.968 bits per heavy atom. The third-order valence-electron chi connectivity index (χ3n) is 5.16. The molecule has 0 N–H and O–H groups in total. The fraction of sp³-hybridized carbons (Fsp3) is 0.600. The zero-order valence-corrected chi connectivity index (χ0v) is 18.4. The maximum absolute atomic E-state index is 13.4. The van der Waals surface area contributed by atoms with Gasteiger partial charge in [-0.2, -0.15) is 4.98 Å². The van der Waals surface area contributed by atoms with Gasteiger partial charge in [-0.15, -0.1) is 4.73 Å². The summed E-state index contributed by atoms with van der Waals surface area (Å²) in [7, 11) is 0. The van der Waals surface area contributed by atoms with Gasteiger partial charge in [-0.25, -0.2) is 9.59 Å². The molecule has 0 bridgehead atoms. The van der Waals surface area contributed by atoms with Crippen LogP contribution in [0.3, 0.4) is 0 Å². The lowest BCUT2D eigenvalue weighted by molar-refractivity contribution is -0.550. The molecule has 3 heterocycles. The molecule has 0 fully saturated rings. The first-order chi connectivity index (χ1) is 14.8. The Hall–Kier alpha value is -3.24. The average molecular weight is 432 g/mol. The van der Waals surface area contributed by atoms with Crippen LogP contribution in [-0.4, -0.2) is 23.3 Å². The average Bonchev–Trinajstić information content (AvgIpc) is 2.74. The predicted octanol–water partition coefficient (Wildman–Crippen LogP) is 0.308. The lowest BCUT2D eigenvalue weighted by Gasteiger charge is -2.15. The Bertz CT molecular complexity index is 1280. The van der Waals surface area contributed by atoms with E-state index in [9.17, 15) is 24.4 Å². The van der Waals surface area contributed by atoms with E-state index in [1.165, 1.54) is 9.13 Å². The van der Waals surface area contributed by atoms with E-state index in [-0.39, 0.29) is 53.2 Å². The summed E-state index contributed by atoms with van der Waals surface area (Å²) in [6.07, 6.45) is 2.17. The highest BCUT2D eigenvalue weighted by Gasteiger charge is 2.28. The normalized spacial score (nSPS) is 11.6. The Kier molecular flexibility index (Phi) is 6.42. The zero-order valence-electron chi connectivity index (χ0n) is 18.4. The van der Waals surface area contributed by atoms with Gasteiger partial charge < -0.3 is 5.21 Å². The molecule has 3 rings (SSSR count). The largest absolute Gasteiger partial charge is 0.617 e. The molecule has 0 amide bonds. The lowest BCUT2D eigenvalue weighted by Crippen LogP contribution is -2.50. The second-order valence-electron chi connectivity index (χ2n) is 7.53.